The SMILES string of the molecule is NCC(=O)c1ccc(O)c(F)c1F. The summed E-state index contributed by atoms with van der Waals surface area (Å²) in [4.78, 5) is 10.9. The van der Waals surface area contributed by atoms with E-state index in [0.717, 1.165) is 12.1 Å². The lowest BCUT2D eigenvalue weighted by Crippen LogP contribution is -2.15. The van der Waals surface area contributed by atoms with Crippen LogP contribution in [-0.2, 0) is 0 Å². The van der Waals surface area contributed by atoms with Crippen molar-refractivity contribution in [2.24, 2.45) is 5.73 Å². The Labute approximate surface area is 72.8 Å². The van der Waals surface area contributed by atoms with Crippen molar-refractivity contribution >= 4 is 5.78 Å². The number of hydrogen-bond donors (Lipinski definition) is 2. The van der Waals surface area contributed by atoms with Gasteiger partial charge in [-0.3, -0.25) is 4.79 Å². The molecule has 5 heteroatoms. The number of Topliss-reactive ketones (excluding diaryl/α,β-unsaturated/α-hetero) is 1. The minimum absolute atomic E-state index is 0.402. The summed E-state index contributed by atoms with van der Waals surface area (Å²) in [6.45, 7) is -0.402. The minimum Gasteiger partial charge on any atom is -0.505 e. The van der Waals surface area contributed by atoms with Gasteiger partial charge in [0.2, 0.25) is 5.82 Å². The van der Waals surface area contributed by atoms with E-state index < -0.39 is 35.3 Å². The molecule has 3 N–H and O–H groups in total. The van der Waals surface area contributed by atoms with Crippen LogP contribution in [0, 0.1) is 11.6 Å². The van der Waals surface area contributed by atoms with Crippen molar-refractivity contribution in [3.05, 3.63) is 29.3 Å². The fourth-order valence-electron chi connectivity index (χ4n) is 0.865. The van der Waals surface area contributed by atoms with E-state index in [4.69, 9.17) is 10.8 Å². The van der Waals surface area contributed by atoms with Crippen molar-refractivity contribution < 1.29 is 18.7 Å². The normalized spacial score (nSPS) is 10.1. The molecule has 0 aromatic heterocycles. The number of carbonyl (C=O) groups is 1. The maximum absolute atomic E-state index is 12.9. The highest BCUT2D eigenvalue weighted by Crippen LogP contribution is 2.21. The predicted molar refractivity (Wildman–Crippen MR) is 41.4 cm³/mol. The maximum Gasteiger partial charge on any atom is 0.201 e. The molecule has 3 nitrogen and oxygen atoms in total. The highest BCUT2D eigenvalue weighted by molar-refractivity contribution is 5.97. The van der Waals surface area contributed by atoms with Crippen LogP contribution in [0.15, 0.2) is 12.1 Å². The largest absolute Gasteiger partial charge is 0.505 e. The van der Waals surface area contributed by atoms with Gasteiger partial charge in [-0.1, -0.05) is 0 Å². The Kier molecular flexibility index (Phi) is 2.57. The van der Waals surface area contributed by atoms with E-state index in [2.05, 4.69) is 0 Å². The van der Waals surface area contributed by atoms with Crippen LogP contribution < -0.4 is 5.73 Å². The summed E-state index contributed by atoms with van der Waals surface area (Å²) < 4.78 is 25.6. The van der Waals surface area contributed by atoms with Crippen LogP contribution >= 0.6 is 0 Å². The zero-order valence-corrected chi connectivity index (χ0v) is 6.55. The number of phenolic OH excluding ortho intramolecular Hbond substituents is 1. The topological polar surface area (TPSA) is 63.3 Å². The first-order chi connectivity index (χ1) is 6.07. The molecule has 0 aliphatic carbocycles. The first kappa shape index (κ1) is 9.60. The summed E-state index contributed by atoms with van der Waals surface area (Å²) in [5.41, 5.74) is 4.51. The Balaban J connectivity index is 3.26. The van der Waals surface area contributed by atoms with Crippen LogP contribution in [-0.4, -0.2) is 17.4 Å². The Hall–Kier alpha value is -1.49. The van der Waals surface area contributed by atoms with Crippen LogP contribution in [0.2, 0.25) is 0 Å². The highest BCUT2D eigenvalue weighted by atomic mass is 19.2. The van der Waals surface area contributed by atoms with E-state index in [9.17, 15) is 13.6 Å². The van der Waals surface area contributed by atoms with E-state index in [1.165, 1.54) is 0 Å². The smallest absolute Gasteiger partial charge is 0.201 e. The molecule has 0 bridgehead atoms. The molecular formula is C8H7F2NO2. The number of hydrogen-bond acceptors (Lipinski definition) is 3. The zero-order valence-electron chi connectivity index (χ0n) is 6.55. The maximum atomic E-state index is 12.9. The molecule has 1 rings (SSSR count). The second-order valence-corrected chi connectivity index (χ2v) is 2.39. The number of nitrogens with two attached hydrogens (primary N) is 1. The quantitative estimate of drug-likeness (QED) is 0.673. The molecule has 70 valence electrons. The molecule has 0 saturated heterocycles. The first-order valence-corrected chi connectivity index (χ1v) is 3.48. The standard InChI is InChI=1S/C8H7F2NO2/c9-7-4(6(13)3-11)1-2-5(12)8(7)10/h1-2,12H,3,11H2. The Morgan fingerprint density at radius 3 is 2.54 bits per heavy atom. The third-order valence-electron chi connectivity index (χ3n) is 1.55. The summed E-state index contributed by atoms with van der Waals surface area (Å²) >= 11 is 0. The van der Waals surface area contributed by atoms with Crippen molar-refractivity contribution in [2.75, 3.05) is 6.54 Å². The van der Waals surface area contributed by atoms with Gasteiger partial charge in [-0.25, -0.2) is 4.39 Å². The molecule has 0 atom stereocenters. The fraction of sp³-hybridized carbons (Fsp3) is 0.125. The molecule has 0 fully saturated rings. The predicted octanol–water partition coefficient (Wildman–Crippen LogP) is 0.812. The number of benzene rings is 1. The lowest BCUT2D eigenvalue weighted by atomic mass is 10.1. The van der Waals surface area contributed by atoms with Gasteiger partial charge in [0.05, 0.1) is 12.1 Å². The van der Waals surface area contributed by atoms with E-state index >= 15 is 0 Å². The van der Waals surface area contributed by atoms with Gasteiger partial charge in [-0.15, -0.1) is 0 Å². The van der Waals surface area contributed by atoms with Crippen molar-refractivity contribution in [2.45, 2.75) is 0 Å². The number of phenols is 1. The van der Waals surface area contributed by atoms with Crippen molar-refractivity contribution in [3.63, 3.8) is 0 Å². The third kappa shape index (κ3) is 1.65. The first-order valence-electron chi connectivity index (χ1n) is 3.48. The van der Waals surface area contributed by atoms with Gasteiger partial charge in [-0.05, 0) is 12.1 Å². The van der Waals surface area contributed by atoms with Crippen LogP contribution in [0.1, 0.15) is 10.4 Å². The molecule has 1 aromatic rings. The minimum atomic E-state index is -1.43. The second-order valence-electron chi connectivity index (χ2n) is 2.39. The summed E-state index contributed by atoms with van der Waals surface area (Å²) in [6, 6.07) is 1.89. The van der Waals surface area contributed by atoms with Crippen molar-refractivity contribution in [3.8, 4) is 5.75 Å². The summed E-state index contributed by atoms with van der Waals surface area (Å²) in [6.07, 6.45) is 0. The van der Waals surface area contributed by atoms with Gasteiger partial charge in [0.15, 0.2) is 17.3 Å². The van der Waals surface area contributed by atoms with Gasteiger partial charge in [-0.2, -0.15) is 4.39 Å². The average Bonchev–Trinajstić information content (AvgIpc) is 2.13. The van der Waals surface area contributed by atoms with Crippen molar-refractivity contribution in [1.82, 2.24) is 0 Å². The van der Waals surface area contributed by atoms with Gasteiger partial charge < -0.3 is 10.8 Å². The average molecular weight is 187 g/mol. The van der Waals surface area contributed by atoms with E-state index in [0.29, 0.717) is 0 Å². The third-order valence-corrected chi connectivity index (χ3v) is 1.55. The second kappa shape index (κ2) is 3.49. The molecule has 0 spiro atoms. The van der Waals surface area contributed by atoms with Gasteiger partial charge in [0.1, 0.15) is 0 Å². The number of carbonyl (C=O) groups excluding carboxylic acids is 1. The summed E-state index contributed by atoms with van der Waals surface area (Å²) in [7, 11) is 0. The lowest BCUT2D eigenvalue weighted by molar-refractivity contribution is 0.0996. The molecule has 0 aliphatic rings. The number of rotatable bonds is 2. The van der Waals surface area contributed by atoms with Crippen LogP contribution in [0.25, 0.3) is 0 Å². The highest BCUT2D eigenvalue weighted by Gasteiger charge is 2.16. The van der Waals surface area contributed by atoms with Gasteiger partial charge in [0, 0.05) is 0 Å². The molecule has 0 saturated carbocycles. The summed E-state index contributed by atoms with van der Waals surface area (Å²) in [5, 5.41) is 8.72. The Morgan fingerprint density at radius 1 is 1.38 bits per heavy atom. The number of aromatic hydroxyl groups is 1. The monoisotopic (exact) mass is 187 g/mol. The van der Waals surface area contributed by atoms with Crippen LogP contribution in [0.3, 0.4) is 0 Å². The molecule has 0 amide bonds. The Bertz CT molecular complexity index is 352. The number of halogens is 2. The molecule has 0 unspecified atom stereocenters. The molecule has 0 aliphatic heterocycles. The molecule has 0 heterocycles. The Morgan fingerprint density at radius 2 is 2.00 bits per heavy atom. The number of ketones is 1. The van der Waals surface area contributed by atoms with E-state index in [-0.39, 0.29) is 0 Å². The van der Waals surface area contributed by atoms with E-state index in [1.807, 2.05) is 0 Å². The van der Waals surface area contributed by atoms with Crippen LogP contribution in [0.5, 0.6) is 5.75 Å². The van der Waals surface area contributed by atoms with Gasteiger partial charge in [0.25, 0.3) is 0 Å². The summed E-state index contributed by atoms with van der Waals surface area (Å²) in [5.74, 6) is -4.34. The molecule has 1 aromatic carbocycles. The zero-order chi connectivity index (χ0) is 10.0. The molecule has 0 radical (unpaired) electrons. The van der Waals surface area contributed by atoms with Gasteiger partial charge >= 0.3 is 0 Å². The van der Waals surface area contributed by atoms with E-state index in [1.54, 1.807) is 0 Å². The van der Waals surface area contributed by atoms with Crippen molar-refractivity contribution in [1.29, 1.82) is 0 Å². The molecule has 13 heavy (non-hydrogen) atoms. The molecular weight excluding hydrogens is 180 g/mol. The lowest BCUT2D eigenvalue weighted by Gasteiger charge is -2.02. The fourth-order valence-corrected chi connectivity index (χ4v) is 0.865. The van der Waals surface area contributed by atoms with Crippen LogP contribution in [0.4, 0.5) is 8.78 Å².